The van der Waals surface area contributed by atoms with Crippen molar-refractivity contribution in [3.8, 4) is 17.6 Å². The molecule has 0 spiro atoms. The number of rotatable bonds is 1. The van der Waals surface area contributed by atoms with Crippen molar-refractivity contribution >= 4 is 0 Å². The van der Waals surface area contributed by atoms with Crippen molar-refractivity contribution in [3.63, 3.8) is 0 Å². The minimum absolute atomic E-state index is 0.0825. The van der Waals surface area contributed by atoms with Crippen molar-refractivity contribution in [1.82, 2.24) is 5.32 Å². The van der Waals surface area contributed by atoms with Crippen LogP contribution < -0.4 is 5.32 Å². The maximum atomic E-state index is 12.7. The molecule has 0 radical (unpaired) electrons. The molecule has 0 aliphatic heterocycles. The van der Waals surface area contributed by atoms with E-state index < -0.39 is 11.6 Å². The number of phenols is 1. The maximum absolute atomic E-state index is 12.7. The van der Waals surface area contributed by atoms with Crippen LogP contribution in [-0.2, 0) is 0 Å². The number of aromatic hydroxyl groups is 1. The van der Waals surface area contributed by atoms with Gasteiger partial charge in [0, 0.05) is 6.07 Å². The second-order valence-electron chi connectivity index (χ2n) is 2.62. The normalized spacial score (nSPS) is 9.36. The van der Waals surface area contributed by atoms with Gasteiger partial charge in [-0.2, -0.15) is 0 Å². The van der Waals surface area contributed by atoms with Gasteiger partial charge in [-0.25, -0.2) is 8.78 Å². The van der Waals surface area contributed by atoms with E-state index in [-0.39, 0.29) is 11.3 Å². The highest BCUT2D eigenvalue weighted by molar-refractivity contribution is 5.45. The molecule has 0 unspecified atom stereocenters. The second kappa shape index (κ2) is 4.58. The third-order valence-electron chi connectivity index (χ3n) is 1.53. The summed E-state index contributed by atoms with van der Waals surface area (Å²) < 4.78 is 25.3. The second-order valence-corrected chi connectivity index (χ2v) is 2.62. The first-order valence-electron chi connectivity index (χ1n) is 3.96. The molecular weight excluding hydrogens is 188 g/mol. The molecule has 4 heteroatoms. The molecule has 0 heterocycles. The summed E-state index contributed by atoms with van der Waals surface area (Å²) in [5.74, 6) is 2.69. The van der Waals surface area contributed by atoms with Crippen LogP contribution >= 0.6 is 0 Å². The molecule has 74 valence electrons. The number of hydrogen-bond donors (Lipinski definition) is 2. The van der Waals surface area contributed by atoms with Crippen LogP contribution in [0.1, 0.15) is 5.56 Å². The van der Waals surface area contributed by atoms with Crippen molar-refractivity contribution in [1.29, 1.82) is 0 Å². The van der Waals surface area contributed by atoms with E-state index in [2.05, 4.69) is 17.2 Å². The minimum atomic E-state index is -1.08. The Labute approximate surface area is 80.6 Å². The molecule has 1 aromatic carbocycles. The standard InChI is InChI=1S/C10H9F2NO/c1-13-4-2-3-7-5-8(11)9(12)6-10(7)14/h5-6,13-14H,4H2,1H3. The molecule has 0 aromatic heterocycles. The molecule has 1 aromatic rings. The average molecular weight is 197 g/mol. The fourth-order valence-electron chi connectivity index (χ4n) is 0.864. The van der Waals surface area contributed by atoms with Gasteiger partial charge in [-0.05, 0) is 13.1 Å². The molecule has 0 amide bonds. The Morgan fingerprint density at radius 3 is 2.64 bits per heavy atom. The summed E-state index contributed by atoms with van der Waals surface area (Å²) in [6.07, 6.45) is 0. The van der Waals surface area contributed by atoms with Crippen molar-refractivity contribution in [3.05, 3.63) is 29.3 Å². The van der Waals surface area contributed by atoms with E-state index in [1.165, 1.54) is 0 Å². The van der Waals surface area contributed by atoms with Crippen molar-refractivity contribution in [2.45, 2.75) is 0 Å². The van der Waals surface area contributed by atoms with Gasteiger partial charge in [-0.15, -0.1) is 0 Å². The third kappa shape index (κ3) is 2.44. The zero-order chi connectivity index (χ0) is 10.6. The average Bonchev–Trinajstić information content (AvgIpc) is 2.14. The Balaban J connectivity index is 3.00. The summed E-state index contributed by atoms with van der Waals surface area (Å²) in [7, 11) is 1.71. The number of nitrogens with one attached hydrogen (secondary N) is 1. The highest BCUT2D eigenvalue weighted by Gasteiger charge is 2.06. The Morgan fingerprint density at radius 1 is 1.36 bits per heavy atom. The predicted octanol–water partition coefficient (Wildman–Crippen LogP) is 1.24. The Hall–Kier alpha value is -1.60. The lowest BCUT2D eigenvalue weighted by atomic mass is 10.2. The van der Waals surface area contributed by atoms with Gasteiger partial charge < -0.3 is 10.4 Å². The Bertz CT molecular complexity index is 393. The molecule has 0 fully saturated rings. The first-order chi connectivity index (χ1) is 6.65. The quantitative estimate of drug-likeness (QED) is 0.664. The fourth-order valence-corrected chi connectivity index (χ4v) is 0.864. The van der Waals surface area contributed by atoms with Gasteiger partial charge >= 0.3 is 0 Å². The van der Waals surface area contributed by atoms with E-state index in [4.69, 9.17) is 0 Å². The van der Waals surface area contributed by atoms with Crippen LogP contribution in [0, 0.1) is 23.5 Å². The zero-order valence-corrected chi connectivity index (χ0v) is 7.56. The van der Waals surface area contributed by atoms with E-state index in [9.17, 15) is 13.9 Å². The number of benzene rings is 1. The monoisotopic (exact) mass is 197 g/mol. The predicted molar refractivity (Wildman–Crippen MR) is 48.8 cm³/mol. The Morgan fingerprint density at radius 2 is 2.00 bits per heavy atom. The van der Waals surface area contributed by atoms with Gasteiger partial charge in [-0.1, -0.05) is 11.8 Å². The van der Waals surface area contributed by atoms with E-state index in [1.807, 2.05) is 0 Å². The van der Waals surface area contributed by atoms with Gasteiger partial charge in [-0.3, -0.25) is 0 Å². The van der Waals surface area contributed by atoms with E-state index in [1.54, 1.807) is 7.05 Å². The van der Waals surface area contributed by atoms with Crippen molar-refractivity contribution in [2.75, 3.05) is 13.6 Å². The van der Waals surface area contributed by atoms with Crippen molar-refractivity contribution < 1.29 is 13.9 Å². The molecule has 2 nitrogen and oxygen atoms in total. The Kier molecular flexibility index (Phi) is 3.43. The van der Waals surface area contributed by atoms with Gasteiger partial charge in [0.1, 0.15) is 5.75 Å². The van der Waals surface area contributed by atoms with Crippen LogP contribution in [0.25, 0.3) is 0 Å². The van der Waals surface area contributed by atoms with E-state index in [0.29, 0.717) is 12.6 Å². The summed E-state index contributed by atoms with van der Waals surface area (Å²) >= 11 is 0. The van der Waals surface area contributed by atoms with Gasteiger partial charge in [0.2, 0.25) is 0 Å². The molecule has 0 saturated carbocycles. The topological polar surface area (TPSA) is 32.3 Å². The van der Waals surface area contributed by atoms with Crippen LogP contribution in [0.4, 0.5) is 8.78 Å². The number of halogens is 2. The molecular formula is C10H9F2NO. The maximum Gasteiger partial charge on any atom is 0.162 e. The lowest BCUT2D eigenvalue weighted by Crippen LogP contribution is -2.04. The molecule has 0 saturated heterocycles. The first kappa shape index (κ1) is 10.5. The van der Waals surface area contributed by atoms with Gasteiger partial charge in [0.25, 0.3) is 0 Å². The molecule has 0 aliphatic carbocycles. The smallest absolute Gasteiger partial charge is 0.162 e. The third-order valence-corrected chi connectivity index (χ3v) is 1.53. The highest BCUT2D eigenvalue weighted by atomic mass is 19.2. The summed E-state index contributed by atoms with van der Waals surface area (Å²) in [6.45, 7) is 0.415. The summed E-state index contributed by atoms with van der Waals surface area (Å²) in [5.41, 5.74) is 0.0825. The van der Waals surface area contributed by atoms with Gasteiger partial charge in [0.15, 0.2) is 11.6 Å². The lowest BCUT2D eigenvalue weighted by molar-refractivity contribution is 0.453. The van der Waals surface area contributed by atoms with Crippen LogP contribution in [0.15, 0.2) is 12.1 Å². The number of hydrogen-bond acceptors (Lipinski definition) is 2. The summed E-state index contributed by atoms with van der Waals surface area (Å²) in [4.78, 5) is 0. The van der Waals surface area contributed by atoms with E-state index in [0.717, 1.165) is 6.07 Å². The fraction of sp³-hybridized carbons (Fsp3) is 0.200. The van der Waals surface area contributed by atoms with E-state index >= 15 is 0 Å². The lowest BCUT2D eigenvalue weighted by Gasteiger charge is -1.97. The van der Waals surface area contributed by atoms with Crippen LogP contribution in [0.5, 0.6) is 5.75 Å². The van der Waals surface area contributed by atoms with Crippen molar-refractivity contribution in [2.24, 2.45) is 0 Å². The molecule has 1 rings (SSSR count). The summed E-state index contributed by atoms with van der Waals surface area (Å²) in [5, 5.41) is 11.9. The van der Waals surface area contributed by atoms with Gasteiger partial charge in [0.05, 0.1) is 12.1 Å². The van der Waals surface area contributed by atoms with Crippen LogP contribution in [0.3, 0.4) is 0 Å². The molecule has 0 bridgehead atoms. The van der Waals surface area contributed by atoms with Crippen LogP contribution in [0.2, 0.25) is 0 Å². The zero-order valence-electron chi connectivity index (χ0n) is 7.56. The largest absolute Gasteiger partial charge is 0.507 e. The van der Waals surface area contributed by atoms with Crippen LogP contribution in [-0.4, -0.2) is 18.7 Å². The number of phenolic OH excluding ortho intramolecular Hbond substituents is 1. The molecule has 14 heavy (non-hydrogen) atoms. The summed E-state index contributed by atoms with van der Waals surface area (Å²) in [6, 6.07) is 1.58. The molecule has 2 N–H and O–H groups in total. The minimum Gasteiger partial charge on any atom is -0.507 e. The molecule has 0 atom stereocenters. The first-order valence-corrected chi connectivity index (χ1v) is 3.96. The SMILES string of the molecule is CNCC#Cc1cc(F)c(F)cc1O. The molecule has 0 aliphatic rings. The highest BCUT2D eigenvalue weighted by Crippen LogP contribution is 2.19.